The van der Waals surface area contributed by atoms with Crippen molar-refractivity contribution in [3.05, 3.63) is 83.0 Å². The monoisotopic (exact) mass is 334 g/mol. The lowest BCUT2D eigenvalue weighted by molar-refractivity contribution is -0.117. The molecule has 0 aliphatic heterocycles. The number of nitrogens with two attached hydrogens (primary N) is 1. The van der Waals surface area contributed by atoms with Crippen LogP contribution in [0.5, 0.6) is 0 Å². The number of nitrogens with zero attached hydrogens (tertiary/aromatic N) is 1. The summed E-state index contributed by atoms with van der Waals surface area (Å²) in [5.41, 5.74) is 8.38. The molecule has 0 saturated heterocycles. The van der Waals surface area contributed by atoms with Crippen LogP contribution in [0.4, 0.5) is 5.69 Å². The number of aromatic amines is 1. The Kier molecular flexibility index (Phi) is 5.01. The normalized spacial score (nSPS) is 11.7. The number of carbonyl (C=O) groups is 1. The van der Waals surface area contributed by atoms with Gasteiger partial charge in [-0.2, -0.15) is 0 Å². The summed E-state index contributed by atoms with van der Waals surface area (Å²) in [7, 11) is 0. The molecular formula is C19H18N4O2. The largest absolute Gasteiger partial charge is 0.327 e. The second kappa shape index (κ2) is 7.55. The lowest BCUT2D eigenvalue weighted by Crippen LogP contribution is -2.38. The van der Waals surface area contributed by atoms with Gasteiger partial charge in [-0.05, 0) is 35.7 Å². The van der Waals surface area contributed by atoms with Crippen LogP contribution in [0.15, 0.2) is 71.9 Å². The molecule has 1 aromatic carbocycles. The minimum absolute atomic E-state index is 0.169. The molecule has 126 valence electrons. The topological polar surface area (TPSA) is 101 Å². The SMILES string of the molecule is N[C@@H](Cc1ccccc1)C(=O)Nc1cc(-c2ccncc2)c[nH]c1=O. The Bertz CT molecular complexity index is 907. The van der Waals surface area contributed by atoms with E-state index in [1.165, 1.54) is 0 Å². The highest BCUT2D eigenvalue weighted by Crippen LogP contribution is 2.18. The maximum atomic E-state index is 12.3. The maximum Gasteiger partial charge on any atom is 0.271 e. The predicted octanol–water partition coefficient (Wildman–Crippen LogP) is 1.95. The zero-order valence-electron chi connectivity index (χ0n) is 13.5. The highest BCUT2D eigenvalue weighted by molar-refractivity contribution is 5.95. The average molecular weight is 334 g/mol. The first kappa shape index (κ1) is 16.6. The van der Waals surface area contributed by atoms with Gasteiger partial charge in [-0.1, -0.05) is 30.3 Å². The first-order chi connectivity index (χ1) is 12.1. The van der Waals surface area contributed by atoms with E-state index in [0.29, 0.717) is 6.42 Å². The zero-order valence-corrected chi connectivity index (χ0v) is 13.5. The molecule has 0 aliphatic carbocycles. The number of hydrogen-bond donors (Lipinski definition) is 3. The van der Waals surface area contributed by atoms with Gasteiger partial charge in [-0.15, -0.1) is 0 Å². The molecule has 1 amide bonds. The third kappa shape index (κ3) is 4.19. The van der Waals surface area contributed by atoms with E-state index in [0.717, 1.165) is 16.7 Å². The number of anilines is 1. The van der Waals surface area contributed by atoms with Crippen LogP contribution in [0.2, 0.25) is 0 Å². The van der Waals surface area contributed by atoms with Gasteiger partial charge < -0.3 is 16.0 Å². The number of nitrogens with one attached hydrogen (secondary N) is 2. The van der Waals surface area contributed by atoms with Crippen molar-refractivity contribution >= 4 is 11.6 Å². The lowest BCUT2D eigenvalue weighted by Gasteiger charge is -2.12. The summed E-state index contributed by atoms with van der Waals surface area (Å²) in [5.74, 6) is -0.402. The highest BCUT2D eigenvalue weighted by atomic mass is 16.2. The van der Waals surface area contributed by atoms with Crippen molar-refractivity contribution in [3.8, 4) is 11.1 Å². The second-order valence-corrected chi connectivity index (χ2v) is 5.65. The number of hydrogen-bond acceptors (Lipinski definition) is 4. The Hall–Kier alpha value is -3.25. The number of H-pyrrole nitrogens is 1. The van der Waals surface area contributed by atoms with Crippen LogP contribution in [0.25, 0.3) is 11.1 Å². The second-order valence-electron chi connectivity index (χ2n) is 5.65. The Morgan fingerprint density at radius 3 is 2.56 bits per heavy atom. The lowest BCUT2D eigenvalue weighted by atomic mass is 10.1. The zero-order chi connectivity index (χ0) is 17.6. The van der Waals surface area contributed by atoms with E-state index in [1.807, 2.05) is 42.5 Å². The van der Waals surface area contributed by atoms with Crippen LogP contribution < -0.4 is 16.6 Å². The molecule has 2 aromatic heterocycles. The Balaban J connectivity index is 1.75. The molecular weight excluding hydrogens is 316 g/mol. The Labute approximate surface area is 144 Å². The van der Waals surface area contributed by atoms with E-state index < -0.39 is 11.9 Å². The molecule has 0 fully saturated rings. The summed E-state index contributed by atoms with van der Waals surface area (Å²) in [6.07, 6.45) is 5.31. The van der Waals surface area contributed by atoms with Crippen LogP contribution in [-0.4, -0.2) is 21.9 Å². The van der Waals surface area contributed by atoms with E-state index in [1.54, 1.807) is 24.7 Å². The van der Waals surface area contributed by atoms with Gasteiger partial charge in [0, 0.05) is 24.2 Å². The molecule has 0 radical (unpaired) electrons. The van der Waals surface area contributed by atoms with Crippen molar-refractivity contribution in [2.45, 2.75) is 12.5 Å². The number of rotatable bonds is 5. The summed E-state index contributed by atoms with van der Waals surface area (Å²) < 4.78 is 0. The quantitative estimate of drug-likeness (QED) is 0.664. The maximum absolute atomic E-state index is 12.3. The van der Waals surface area contributed by atoms with Crippen molar-refractivity contribution in [2.24, 2.45) is 5.73 Å². The Morgan fingerprint density at radius 1 is 1.12 bits per heavy atom. The van der Waals surface area contributed by atoms with Crippen LogP contribution in [0.1, 0.15) is 5.56 Å². The first-order valence-corrected chi connectivity index (χ1v) is 7.87. The van der Waals surface area contributed by atoms with Crippen molar-refractivity contribution in [3.63, 3.8) is 0 Å². The first-order valence-electron chi connectivity index (χ1n) is 7.87. The van der Waals surface area contributed by atoms with E-state index in [4.69, 9.17) is 5.73 Å². The molecule has 0 spiro atoms. The minimum atomic E-state index is -0.744. The van der Waals surface area contributed by atoms with Crippen LogP contribution in [0.3, 0.4) is 0 Å². The molecule has 6 nitrogen and oxygen atoms in total. The predicted molar refractivity (Wildman–Crippen MR) is 97.0 cm³/mol. The molecule has 6 heteroatoms. The van der Waals surface area contributed by atoms with E-state index in [2.05, 4.69) is 15.3 Å². The molecule has 0 saturated carbocycles. The molecule has 3 aromatic rings. The summed E-state index contributed by atoms with van der Waals surface area (Å²) >= 11 is 0. The van der Waals surface area contributed by atoms with E-state index in [-0.39, 0.29) is 11.2 Å². The average Bonchev–Trinajstić information content (AvgIpc) is 2.65. The van der Waals surface area contributed by atoms with Gasteiger partial charge in [0.2, 0.25) is 5.91 Å². The standard InChI is InChI=1S/C19H18N4O2/c20-16(10-13-4-2-1-3-5-13)18(24)23-17-11-15(12-22-19(17)25)14-6-8-21-9-7-14/h1-9,11-12,16H,10,20H2,(H,22,25)(H,23,24)/t16-/m0/s1. The van der Waals surface area contributed by atoms with Gasteiger partial charge in [0.1, 0.15) is 5.69 Å². The smallest absolute Gasteiger partial charge is 0.271 e. The molecule has 4 N–H and O–H groups in total. The molecule has 0 aliphatic rings. The fourth-order valence-corrected chi connectivity index (χ4v) is 2.47. The fraction of sp³-hybridized carbons (Fsp3) is 0.105. The van der Waals surface area contributed by atoms with Crippen molar-refractivity contribution in [1.82, 2.24) is 9.97 Å². The molecule has 2 heterocycles. The molecule has 0 unspecified atom stereocenters. The number of pyridine rings is 2. The fourth-order valence-electron chi connectivity index (χ4n) is 2.47. The molecule has 1 atom stereocenters. The molecule has 3 rings (SSSR count). The third-order valence-electron chi connectivity index (χ3n) is 3.81. The number of benzene rings is 1. The third-order valence-corrected chi connectivity index (χ3v) is 3.81. The van der Waals surface area contributed by atoms with Gasteiger partial charge in [0.15, 0.2) is 0 Å². The van der Waals surface area contributed by atoms with Crippen LogP contribution in [-0.2, 0) is 11.2 Å². The minimum Gasteiger partial charge on any atom is -0.327 e. The summed E-state index contributed by atoms with van der Waals surface area (Å²) in [5, 5.41) is 2.62. The summed E-state index contributed by atoms with van der Waals surface area (Å²) in [6.45, 7) is 0. The van der Waals surface area contributed by atoms with Gasteiger partial charge >= 0.3 is 0 Å². The highest BCUT2D eigenvalue weighted by Gasteiger charge is 2.16. The number of aromatic nitrogens is 2. The summed E-state index contributed by atoms with van der Waals surface area (Å²) in [6, 6.07) is 14.0. The van der Waals surface area contributed by atoms with Gasteiger partial charge in [-0.3, -0.25) is 14.6 Å². The van der Waals surface area contributed by atoms with Crippen LogP contribution in [0, 0.1) is 0 Å². The van der Waals surface area contributed by atoms with Crippen LogP contribution >= 0.6 is 0 Å². The van der Waals surface area contributed by atoms with E-state index >= 15 is 0 Å². The van der Waals surface area contributed by atoms with Gasteiger partial charge in [-0.25, -0.2) is 0 Å². The van der Waals surface area contributed by atoms with E-state index in [9.17, 15) is 9.59 Å². The van der Waals surface area contributed by atoms with Crippen molar-refractivity contribution in [2.75, 3.05) is 5.32 Å². The number of carbonyl (C=O) groups excluding carboxylic acids is 1. The van der Waals surface area contributed by atoms with Gasteiger partial charge in [0.05, 0.1) is 6.04 Å². The molecule has 25 heavy (non-hydrogen) atoms. The van der Waals surface area contributed by atoms with Crippen molar-refractivity contribution < 1.29 is 4.79 Å². The van der Waals surface area contributed by atoms with Crippen molar-refractivity contribution in [1.29, 1.82) is 0 Å². The number of amides is 1. The summed E-state index contributed by atoms with van der Waals surface area (Å²) in [4.78, 5) is 30.9. The molecule has 0 bridgehead atoms. The Morgan fingerprint density at radius 2 is 1.84 bits per heavy atom. The van der Waals surface area contributed by atoms with Gasteiger partial charge in [0.25, 0.3) is 5.56 Å².